The fourth-order valence-electron chi connectivity index (χ4n) is 1.01. The number of urea groups is 1. The zero-order valence-corrected chi connectivity index (χ0v) is 10.6. The van der Waals surface area contributed by atoms with Crippen molar-refractivity contribution in [2.75, 3.05) is 40.4 Å². The van der Waals surface area contributed by atoms with Crippen LogP contribution in [0.15, 0.2) is 0 Å². The molecule has 0 fully saturated rings. The predicted octanol–water partition coefficient (Wildman–Crippen LogP) is -1.13. The first kappa shape index (κ1) is 16.2. The molecule has 0 aliphatic heterocycles. The van der Waals surface area contributed by atoms with Gasteiger partial charge in [0.15, 0.2) is 0 Å². The van der Waals surface area contributed by atoms with Crippen LogP contribution in [0.4, 0.5) is 4.79 Å². The standard InChI is InChI=1S/C10H19N3O5/c1-13(5-3-9(15)16)10(17)12-7-8(14)11-4-6-18-2/h3-7H2,1-2H3,(H,11,14)(H,12,17)(H,15,16). The molecular weight excluding hydrogens is 242 g/mol. The lowest BCUT2D eigenvalue weighted by molar-refractivity contribution is -0.137. The van der Waals surface area contributed by atoms with Crippen molar-refractivity contribution in [2.24, 2.45) is 0 Å². The van der Waals surface area contributed by atoms with Crippen LogP contribution in [0.5, 0.6) is 0 Å². The van der Waals surface area contributed by atoms with Gasteiger partial charge in [-0.25, -0.2) is 4.79 Å². The van der Waals surface area contributed by atoms with Gasteiger partial charge in [0.05, 0.1) is 19.6 Å². The molecule has 0 atom stereocenters. The van der Waals surface area contributed by atoms with Gasteiger partial charge in [-0.15, -0.1) is 0 Å². The first-order valence-corrected chi connectivity index (χ1v) is 5.43. The van der Waals surface area contributed by atoms with Crippen LogP contribution in [-0.4, -0.2) is 68.3 Å². The van der Waals surface area contributed by atoms with E-state index in [0.29, 0.717) is 13.2 Å². The van der Waals surface area contributed by atoms with Crippen LogP contribution >= 0.6 is 0 Å². The van der Waals surface area contributed by atoms with E-state index in [-0.39, 0.29) is 25.4 Å². The van der Waals surface area contributed by atoms with Crippen LogP contribution in [-0.2, 0) is 14.3 Å². The fourth-order valence-corrected chi connectivity index (χ4v) is 1.01. The summed E-state index contributed by atoms with van der Waals surface area (Å²) in [6.07, 6.45) is -0.135. The lowest BCUT2D eigenvalue weighted by Gasteiger charge is -2.16. The summed E-state index contributed by atoms with van der Waals surface area (Å²) in [5.74, 6) is -1.31. The maximum absolute atomic E-state index is 11.4. The minimum Gasteiger partial charge on any atom is -0.481 e. The number of rotatable bonds is 8. The highest BCUT2D eigenvalue weighted by Gasteiger charge is 2.10. The minimum atomic E-state index is -0.980. The Morgan fingerprint density at radius 3 is 2.50 bits per heavy atom. The van der Waals surface area contributed by atoms with Crippen LogP contribution < -0.4 is 10.6 Å². The van der Waals surface area contributed by atoms with Gasteiger partial charge in [0.1, 0.15) is 0 Å². The Kier molecular flexibility index (Phi) is 8.29. The number of carboxylic acids is 1. The Bertz CT molecular complexity index is 295. The largest absolute Gasteiger partial charge is 0.481 e. The highest BCUT2D eigenvalue weighted by Crippen LogP contribution is 1.88. The number of aliphatic carboxylic acids is 1. The first-order chi connectivity index (χ1) is 8.47. The maximum Gasteiger partial charge on any atom is 0.317 e. The Hall–Kier alpha value is -1.83. The molecule has 0 rings (SSSR count). The van der Waals surface area contributed by atoms with Gasteiger partial charge in [-0.05, 0) is 0 Å². The molecule has 0 radical (unpaired) electrons. The third kappa shape index (κ3) is 8.34. The van der Waals surface area contributed by atoms with Crippen molar-refractivity contribution in [3.63, 3.8) is 0 Å². The van der Waals surface area contributed by atoms with Crippen molar-refractivity contribution in [1.82, 2.24) is 15.5 Å². The zero-order chi connectivity index (χ0) is 14.0. The number of amides is 3. The number of carbonyl (C=O) groups is 3. The summed E-state index contributed by atoms with van der Waals surface area (Å²) in [5.41, 5.74) is 0. The number of hydrogen-bond donors (Lipinski definition) is 3. The third-order valence-electron chi connectivity index (χ3n) is 2.04. The Balaban J connectivity index is 3.74. The van der Waals surface area contributed by atoms with E-state index in [9.17, 15) is 14.4 Å². The van der Waals surface area contributed by atoms with Gasteiger partial charge in [-0.3, -0.25) is 9.59 Å². The molecule has 0 saturated carbocycles. The second-order valence-corrected chi connectivity index (χ2v) is 3.57. The molecule has 0 unspecified atom stereocenters. The van der Waals surface area contributed by atoms with Gasteiger partial charge in [-0.2, -0.15) is 0 Å². The Morgan fingerprint density at radius 2 is 1.94 bits per heavy atom. The number of hydrogen-bond acceptors (Lipinski definition) is 4. The summed E-state index contributed by atoms with van der Waals surface area (Å²) < 4.78 is 4.74. The monoisotopic (exact) mass is 261 g/mol. The van der Waals surface area contributed by atoms with Crippen LogP contribution in [0.2, 0.25) is 0 Å². The molecule has 0 aliphatic carbocycles. The molecular formula is C10H19N3O5. The van der Waals surface area contributed by atoms with E-state index in [0.717, 1.165) is 0 Å². The van der Waals surface area contributed by atoms with Crippen LogP contribution in [0.3, 0.4) is 0 Å². The van der Waals surface area contributed by atoms with Crippen LogP contribution in [0, 0.1) is 0 Å². The molecule has 3 N–H and O–H groups in total. The van der Waals surface area contributed by atoms with Gasteiger partial charge >= 0.3 is 12.0 Å². The molecule has 8 heteroatoms. The van der Waals surface area contributed by atoms with Gasteiger partial charge in [0.2, 0.25) is 5.91 Å². The normalized spacial score (nSPS) is 9.67. The van der Waals surface area contributed by atoms with Gasteiger partial charge < -0.3 is 25.4 Å². The average molecular weight is 261 g/mol. The van der Waals surface area contributed by atoms with E-state index < -0.39 is 12.0 Å². The number of methoxy groups -OCH3 is 1. The topological polar surface area (TPSA) is 108 Å². The summed E-state index contributed by atoms with van der Waals surface area (Å²) in [6.45, 7) is 0.713. The highest BCUT2D eigenvalue weighted by molar-refractivity contribution is 5.83. The van der Waals surface area contributed by atoms with E-state index in [4.69, 9.17) is 9.84 Å². The molecule has 0 aromatic rings. The molecule has 8 nitrogen and oxygen atoms in total. The molecule has 0 heterocycles. The number of carboxylic acid groups (broad SMARTS) is 1. The zero-order valence-electron chi connectivity index (χ0n) is 10.6. The van der Waals surface area contributed by atoms with Crippen molar-refractivity contribution in [3.05, 3.63) is 0 Å². The summed E-state index contributed by atoms with van der Waals surface area (Å²) >= 11 is 0. The lowest BCUT2D eigenvalue weighted by Crippen LogP contribution is -2.43. The minimum absolute atomic E-state index is 0.0897. The van der Waals surface area contributed by atoms with Crippen molar-refractivity contribution in [3.8, 4) is 0 Å². The maximum atomic E-state index is 11.4. The van der Waals surface area contributed by atoms with Crippen molar-refractivity contribution >= 4 is 17.9 Å². The predicted molar refractivity (Wildman–Crippen MR) is 63.2 cm³/mol. The Labute approximate surface area is 105 Å². The molecule has 0 aliphatic rings. The quantitative estimate of drug-likeness (QED) is 0.479. The molecule has 18 heavy (non-hydrogen) atoms. The second kappa shape index (κ2) is 9.23. The molecule has 0 spiro atoms. The molecule has 0 aromatic heterocycles. The summed E-state index contributed by atoms with van der Waals surface area (Å²) in [7, 11) is 2.98. The smallest absolute Gasteiger partial charge is 0.317 e. The van der Waals surface area contributed by atoms with Gasteiger partial charge in [0, 0.05) is 27.2 Å². The van der Waals surface area contributed by atoms with E-state index in [1.165, 1.54) is 19.1 Å². The fraction of sp³-hybridized carbons (Fsp3) is 0.700. The number of carbonyl (C=O) groups excluding carboxylic acids is 2. The van der Waals surface area contributed by atoms with Gasteiger partial charge in [0.25, 0.3) is 0 Å². The van der Waals surface area contributed by atoms with Crippen molar-refractivity contribution in [2.45, 2.75) is 6.42 Å². The first-order valence-electron chi connectivity index (χ1n) is 5.43. The van der Waals surface area contributed by atoms with E-state index >= 15 is 0 Å². The summed E-state index contributed by atoms with van der Waals surface area (Å²) in [6, 6.07) is -0.488. The average Bonchev–Trinajstić information content (AvgIpc) is 2.33. The molecule has 104 valence electrons. The van der Waals surface area contributed by atoms with Gasteiger partial charge in [-0.1, -0.05) is 0 Å². The van der Waals surface area contributed by atoms with Crippen molar-refractivity contribution < 1.29 is 24.2 Å². The molecule has 3 amide bonds. The molecule has 0 saturated heterocycles. The third-order valence-corrected chi connectivity index (χ3v) is 2.04. The van der Waals surface area contributed by atoms with E-state index in [1.807, 2.05) is 0 Å². The summed E-state index contributed by atoms with van der Waals surface area (Å²) in [4.78, 5) is 34.1. The highest BCUT2D eigenvalue weighted by atomic mass is 16.5. The number of nitrogens with zero attached hydrogens (tertiary/aromatic N) is 1. The van der Waals surface area contributed by atoms with Crippen LogP contribution in [0.25, 0.3) is 0 Å². The second-order valence-electron chi connectivity index (χ2n) is 3.57. The van der Waals surface area contributed by atoms with E-state index in [2.05, 4.69) is 10.6 Å². The SMILES string of the molecule is COCCNC(=O)CNC(=O)N(C)CCC(=O)O. The molecule has 0 aromatic carbocycles. The molecule has 0 bridgehead atoms. The number of ether oxygens (including phenoxy) is 1. The summed E-state index contributed by atoms with van der Waals surface area (Å²) in [5, 5.41) is 13.4. The number of nitrogens with one attached hydrogen (secondary N) is 2. The van der Waals surface area contributed by atoms with E-state index in [1.54, 1.807) is 0 Å². The lowest BCUT2D eigenvalue weighted by atomic mass is 10.4. The van der Waals surface area contributed by atoms with Crippen LogP contribution in [0.1, 0.15) is 6.42 Å². The van der Waals surface area contributed by atoms with Crippen molar-refractivity contribution in [1.29, 1.82) is 0 Å². The Morgan fingerprint density at radius 1 is 1.28 bits per heavy atom.